The molecule has 2 rings (SSSR count). The summed E-state index contributed by atoms with van der Waals surface area (Å²) in [5, 5.41) is 9.10. The van der Waals surface area contributed by atoms with E-state index in [1.807, 2.05) is 0 Å². The first-order valence-corrected chi connectivity index (χ1v) is 6.12. The van der Waals surface area contributed by atoms with Crippen LogP contribution in [-0.2, 0) is 6.18 Å². The first kappa shape index (κ1) is 15.1. The normalized spacial score (nSPS) is 11.0. The third-order valence-electron chi connectivity index (χ3n) is 2.74. The van der Waals surface area contributed by atoms with Gasteiger partial charge >= 0.3 is 6.18 Å². The van der Waals surface area contributed by atoms with E-state index in [2.05, 4.69) is 0 Å². The third kappa shape index (κ3) is 3.41. The Hall–Kier alpha value is -2.32. The molecule has 0 radical (unpaired) electrons. The van der Waals surface area contributed by atoms with Crippen LogP contribution in [-0.4, -0.2) is 5.78 Å². The number of ketones is 1. The molecule has 6 heteroatoms. The van der Waals surface area contributed by atoms with Crippen molar-refractivity contribution in [3.63, 3.8) is 0 Å². The van der Waals surface area contributed by atoms with Crippen molar-refractivity contribution in [2.24, 2.45) is 0 Å². The molecule has 0 atom stereocenters. The van der Waals surface area contributed by atoms with Crippen LogP contribution in [0, 0.1) is 11.3 Å². The van der Waals surface area contributed by atoms with Gasteiger partial charge in [-0.3, -0.25) is 4.79 Å². The molecule has 0 fully saturated rings. The van der Waals surface area contributed by atoms with Gasteiger partial charge in [0, 0.05) is 16.1 Å². The molecule has 0 heterocycles. The molecule has 0 unspecified atom stereocenters. The summed E-state index contributed by atoms with van der Waals surface area (Å²) in [6.45, 7) is 0. The summed E-state index contributed by atoms with van der Waals surface area (Å²) in [5.74, 6) is -0.625. The second-order valence-electron chi connectivity index (χ2n) is 4.25. The number of hydrogen-bond acceptors (Lipinski definition) is 2. The maximum Gasteiger partial charge on any atom is 0.416 e. The number of nitrogens with zero attached hydrogens (tertiary/aromatic N) is 1. The number of rotatable bonds is 2. The highest BCUT2D eigenvalue weighted by atomic mass is 35.5. The molecule has 2 nitrogen and oxygen atoms in total. The molecule has 0 bridgehead atoms. The summed E-state index contributed by atoms with van der Waals surface area (Å²) in [5.41, 5.74) is -1.31. The van der Waals surface area contributed by atoms with Gasteiger partial charge in [-0.25, -0.2) is 0 Å². The van der Waals surface area contributed by atoms with Crippen molar-refractivity contribution in [2.45, 2.75) is 6.18 Å². The van der Waals surface area contributed by atoms with E-state index in [4.69, 9.17) is 16.9 Å². The highest BCUT2D eigenvalue weighted by Gasteiger charge is 2.32. The topological polar surface area (TPSA) is 40.9 Å². The van der Waals surface area contributed by atoms with Gasteiger partial charge < -0.3 is 0 Å². The molecule has 0 aliphatic carbocycles. The fourth-order valence-electron chi connectivity index (χ4n) is 1.78. The lowest BCUT2D eigenvalue weighted by atomic mass is 9.99. The molecule has 21 heavy (non-hydrogen) atoms. The fraction of sp³-hybridized carbons (Fsp3) is 0.0667. The Morgan fingerprint density at radius 3 is 2.38 bits per heavy atom. The van der Waals surface area contributed by atoms with Crippen LogP contribution in [0.5, 0.6) is 0 Å². The molecule has 0 aliphatic rings. The zero-order valence-electron chi connectivity index (χ0n) is 10.4. The zero-order chi connectivity index (χ0) is 15.6. The molecule has 0 saturated carbocycles. The monoisotopic (exact) mass is 309 g/mol. The smallest absolute Gasteiger partial charge is 0.289 e. The minimum atomic E-state index is -4.63. The number of benzene rings is 2. The molecule has 106 valence electrons. The minimum absolute atomic E-state index is 0.158. The fourth-order valence-corrected chi connectivity index (χ4v) is 1.97. The van der Waals surface area contributed by atoms with E-state index in [0.717, 1.165) is 12.1 Å². The van der Waals surface area contributed by atoms with E-state index < -0.39 is 17.5 Å². The van der Waals surface area contributed by atoms with Gasteiger partial charge in [0.05, 0.1) is 17.2 Å². The maximum atomic E-state index is 12.8. The van der Waals surface area contributed by atoms with Gasteiger partial charge in [0.25, 0.3) is 0 Å². The summed E-state index contributed by atoms with van der Waals surface area (Å²) < 4.78 is 38.3. The SMILES string of the molecule is N#Cc1cc(C(=O)c2cccc(Cl)c2)cc(C(F)(F)F)c1. The number of nitriles is 1. The first-order chi connectivity index (χ1) is 9.81. The van der Waals surface area contributed by atoms with Crippen LogP contribution in [0.3, 0.4) is 0 Å². The lowest BCUT2D eigenvalue weighted by Gasteiger charge is -2.09. The van der Waals surface area contributed by atoms with E-state index in [1.54, 1.807) is 12.1 Å². The van der Waals surface area contributed by atoms with Crippen molar-refractivity contribution in [3.05, 3.63) is 69.7 Å². The standard InChI is InChI=1S/C15H7ClF3NO/c16-13-3-1-2-10(7-13)14(21)11-4-9(8-20)5-12(6-11)15(17,18)19/h1-7H. The highest BCUT2D eigenvalue weighted by molar-refractivity contribution is 6.31. The predicted octanol–water partition coefficient (Wildman–Crippen LogP) is 4.46. The van der Waals surface area contributed by atoms with E-state index in [9.17, 15) is 18.0 Å². The second kappa shape index (κ2) is 5.58. The van der Waals surface area contributed by atoms with E-state index >= 15 is 0 Å². The minimum Gasteiger partial charge on any atom is -0.289 e. The summed E-state index contributed by atoms with van der Waals surface area (Å²) in [7, 11) is 0. The number of alkyl halides is 3. The summed E-state index contributed by atoms with van der Waals surface area (Å²) in [6, 6.07) is 10.0. The van der Waals surface area contributed by atoms with Crippen LogP contribution in [0.15, 0.2) is 42.5 Å². The molecule has 0 spiro atoms. The van der Waals surface area contributed by atoms with Crippen molar-refractivity contribution < 1.29 is 18.0 Å². The second-order valence-corrected chi connectivity index (χ2v) is 4.68. The van der Waals surface area contributed by atoms with Gasteiger partial charge in [0.15, 0.2) is 5.78 Å². The summed E-state index contributed by atoms with van der Waals surface area (Å²) >= 11 is 5.75. The molecule has 2 aromatic carbocycles. The highest BCUT2D eigenvalue weighted by Crippen LogP contribution is 2.31. The van der Waals surface area contributed by atoms with Gasteiger partial charge in [-0.15, -0.1) is 0 Å². The Morgan fingerprint density at radius 1 is 1.10 bits per heavy atom. The van der Waals surface area contributed by atoms with E-state index in [1.165, 1.54) is 18.2 Å². The van der Waals surface area contributed by atoms with Gasteiger partial charge in [-0.05, 0) is 30.3 Å². The van der Waals surface area contributed by atoms with Crippen molar-refractivity contribution in [2.75, 3.05) is 0 Å². The van der Waals surface area contributed by atoms with Crippen molar-refractivity contribution in [3.8, 4) is 6.07 Å². The lowest BCUT2D eigenvalue weighted by molar-refractivity contribution is -0.137. The van der Waals surface area contributed by atoms with Crippen molar-refractivity contribution >= 4 is 17.4 Å². The van der Waals surface area contributed by atoms with Crippen molar-refractivity contribution in [1.82, 2.24) is 0 Å². The van der Waals surface area contributed by atoms with Crippen LogP contribution in [0.1, 0.15) is 27.0 Å². The zero-order valence-corrected chi connectivity index (χ0v) is 11.2. The third-order valence-corrected chi connectivity index (χ3v) is 2.97. The molecule has 0 N–H and O–H groups in total. The Bertz CT molecular complexity index is 747. The maximum absolute atomic E-state index is 12.8. The van der Waals surface area contributed by atoms with Crippen LogP contribution < -0.4 is 0 Å². The number of hydrogen-bond donors (Lipinski definition) is 0. The molecule has 0 aromatic heterocycles. The van der Waals surface area contributed by atoms with E-state index in [-0.39, 0.29) is 16.7 Å². The Morgan fingerprint density at radius 2 is 1.81 bits per heavy atom. The van der Waals surface area contributed by atoms with Gasteiger partial charge in [-0.2, -0.15) is 18.4 Å². The van der Waals surface area contributed by atoms with Gasteiger partial charge in [0.2, 0.25) is 0 Å². The first-order valence-electron chi connectivity index (χ1n) is 5.74. The molecule has 2 aromatic rings. The molecular weight excluding hydrogens is 303 g/mol. The van der Waals surface area contributed by atoms with Crippen LogP contribution in [0.2, 0.25) is 5.02 Å². The number of carbonyl (C=O) groups excluding carboxylic acids is 1. The Labute approximate surface area is 123 Å². The Balaban J connectivity index is 2.54. The molecular formula is C15H7ClF3NO. The average Bonchev–Trinajstić information content (AvgIpc) is 2.45. The summed E-state index contributed by atoms with van der Waals surface area (Å²) in [6.07, 6.45) is -4.63. The lowest BCUT2D eigenvalue weighted by Crippen LogP contribution is -2.09. The largest absolute Gasteiger partial charge is 0.416 e. The number of carbonyl (C=O) groups is 1. The van der Waals surface area contributed by atoms with Gasteiger partial charge in [-0.1, -0.05) is 23.7 Å². The van der Waals surface area contributed by atoms with Crippen LogP contribution >= 0.6 is 11.6 Å². The summed E-state index contributed by atoms with van der Waals surface area (Å²) in [4.78, 5) is 12.2. The number of halogens is 4. The van der Waals surface area contributed by atoms with Crippen molar-refractivity contribution in [1.29, 1.82) is 5.26 Å². The molecule has 0 saturated heterocycles. The molecule has 0 amide bonds. The Kier molecular flexibility index (Phi) is 4.01. The molecule has 0 aliphatic heterocycles. The average molecular weight is 310 g/mol. The quantitative estimate of drug-likeness (QED) is 0.768. The van der Waals surface area contributed by atoms with Crippen LogP contribution in [0.25, 0.3) is 0 Å². The van der Waals surface area contributed by atoms with Gasteiger partial charge in [0.1, 0.15) is 0 Å². The predicted molar refractivity (Wildman–Crippen MR) is 71.0 cm³/mol. The van der Waals surface area contributed by atoms with E-state index in [0.29, 0.717) is 11.1 Å². The van der Waals surface area contributed by atoms with Crippen LogP contribution in [0.4, 0.5) is 13.2 Å².